The number of ether oxygens (including phenoxy) is 2. The lowest BCUT2D eigenvalue weighted by molar-refractivity contribution is -0.384. The number of hydrogen-bond acceptors (Lipinski definition) is 9. The van der Waals surface area contributed by atoms with Gasteiger partial charge in [-0.3, -0.25) is 25.0 Å². The Morgan fingerprint density at radius 3 is 2.02 bits per heavy atom. The van der Waals surface area contributed by atoms with Crippen LogP contribution in [0, 0.1) is 16.0 Å². The second-order valence-corrected chi connectivity index (χ2v) is 9.91. The van der Waals surface area contributed by atoms with Gasteiger partial charge in [-0.2, -0.15) is 0 Å². The van der Waals surface area contributed by atoms with Gasteiger partial charge in [-0.25, -0.2) is 9.59 Å². The maximum atomic E-state index is 13.1. The topological polar surface area (TPSA) is 206 Å². The Bertz CT molecular complexity index is 1220. The molecular weight excluding hydrogens is 552 g/mol. The fraction of sp³-hybridized carbons (Fsp3) is 0.429. The van der Waals surface area contributed by atoms with Crippen molar-refractivity contribution in [3.05, 3.63) is 69.8 Å². The van der Waals surface area contributed by atoms with Crippen molar-refractivity contribution in [1.82, 2.24) is 16.0 Å². The number of carbonyl (C=O) groups excluding carboxylic acids is 2. The molecule has 2 amide bonds. The van der Waals surface area contributed by atoms with Crippen molar-refractivity contribution >= 4 is 29.6 Å². The summed E-state index contributed by atoms with van der Waals surface area (Å²) in [5, 5.41) is 37.9. The largest absolute Gasteiger partial charge is 0.497 e. The van der Waals surface area contributed by atoms with Gasteiger partial charge in [-0.05, 0) is 54.2 Å². The van der Waals surface area contributed by atoms with Crippen molar-refractivity contribution < 1.29 is 43.8 Å². The van der Waals surface area contributed by atoms with E-state index in [4.69, 9.17) is 9.47 Å². The molecule has 0 saturated carbocycles. The van der Waals surface area contributed by atoms with Crippen molar-refractivity contribution in [3.63, 3.8) is 0 Å². The number of carboxylic acids is 2. The zero-order valence-electron chi connectivity index (χ0n) is 23.6. The molecule has 0 aliphatic heterocycles. The molecule has 14 nitrogen and oxygen atoms in total. The average Bonchev–Trinajstić information content (AvgIpc) is 2.94. The van der Waals surface area contributed by atoms with Gasteiger partial charge in [-0.1, -0.05) is 26.0 Å². The lowest BCUT2D eigenvalue weighted by atomic mass is 10.00. The third-order valence-electron chi connectivity index (χ3n) is 6.16. The summed E-state index contributed by atoms with van der Waals surface area (Å²) in [6, 6.07) is 8.68. The number of alkyl carbamates (subject to hydrolysis) is 1. The van der Waals surface area contributed by atoms with E-state index in [2.05, 4.69) is 16.0 Å². The van der Waals surface area contributed by atoms with Crippen LogP contribution < -0.4 is 20.7 Å². The van der Waals surface area contributed by atoms with Crippen LogP contribution >= 0.6 is 0 Å². The van der Waals surface area contributed by atoms with Crippen molar-refractivity contribution in [2.75, 3.05) is 13.7 Å². The van der Waals surface area contributed by atoms with Crippen LogP contribution in [0.3, 0.4) is 0 Å². The number of nitrogens with one attached hydrogen (secondary N) is 3. The minimum atomic E-state index is -1.26. The van der Waals surface area contributed by atoms with Crippen molar-refractivity contribution in [2.24, 2.45) is 5.92 Å². The van der Waals surface area contributed by atoms with E-state index >= 15 is 0 Å². The molecule has 0 bridgehead atoms. The van der Waals surface area contributed by atoms with Gasteiger partial charge in [0.15, 0.2) is 0 Å². The molecule has 0 fully saturated rings. The molecule has 0 heterocycles. The van der Waals surface area contributed by atoms with E-state index in [0.717, 1.165) is 0 Å². The minimum Gasteiger partial charge on any atom is -0.497 e. The van der Waals surface area contributed by atoms with E-state index in [0.29, 0.717) is 16.9 Å². The number of nitro benzene ring substituents is 1. The highest BCUT2D eigenvalue weighted by Crippen LogP contribution is 2.14. The molecule has 2 aromatic carbocycles. The van der Waals surface area contributed by atoms with Crippen LogP contribution in [-0.2, 0) is 32.1 Å². The van der Waals surface area contributed by atoms with Crippen molar-refractivity contribution in [3.8, 4) is 5.75 Å². The molecule has 0 saturated heterocycles. The Balaban J connectivity index is 1.95. The molecule has 2 rings (SSSR count). The standard InChI is InChI=1S/C28H36N4O10/c1-17(2)14-23(25(33)31-24(27(36)37)15-18-6-10-21(41-3)11-7-18)30-22(26(34)35)12-13-29-28(38)42-16-19-4-8-20(9-5-19)32(39)40/h4-11,17,22-24,30H,12-16H2,1-3H3,(H,29,38)(H,31,33)(H,34,35)(H,36,37)/t22-,23+,24+/m1/s1. The Hall–Kier alpha value is -4.72. The van der Waals surface area contributed by atoms with Crippen LogP contribution in [0.5, 0.6) is 5.75 Å². The molecule has 0 aromatic heterocycles. The van der Waals surface area contributed by atoms with Gasteiger partial charge in [-0.15, -0.1) is 0 Å². The molecule has 228 valence electrons. The van der Waals surface area contributed by atoms with E-state index in [1.54, 1.807) is 24.3 Å². The van der Waals surface area contributed by atoms with E-state index in [1.165, 1.54) is 31.4 Å². The Labute approximate surface area is 242 Å². The number of methoxy groups -OCH3 is 1. The van der Waals surface area contributed by atoms with Crippen molar-refractivity contribution in [2.45, 2.75) is 57.8 Å². The normalized spacial score (nSPS) is 13.0. The van der Waals surface area contributed by atoms with Gasteiger partial charge < -0.3 is 30.3 Å². The maximum absolute atomic E-state index is 13.1. The molecule has 3 atom stereocenters. The highest BCUT2D eigenvalue weighted by molar-refractivity contribution is 5.87. The fourth-order valence-corrected chi connectivity index (χ4v) is 3.95. The molecule has 2 aromatic rings. The number of nitrogens with zero attached hydrogens (tertiary/aromatic N) is 1. The number of amides is 2. The number of hydrogen-bond donors (Lipinski definition) is 5. The van der Waals surface area contributed by atoms with Gasteiger partial charge in [0.05, 0.1) is 18.1 Å². The quantitative estimate of drug-likeness (QED) is 0.134. The predicted octanol–water partition coefficient (Wildman–Crippen LogP) is 2.49. The lowest BCUT2D eigenvalue weighted by Gasteiger charge is -2.26. The van der Waals surface area contributed by atoms with Gasteiger partial charge in [0.1, 0.15) is 24.4 Å². The van der Waals surface area contributed by atoms with Crippen molar-refractivity contribution in [1.29, 1.82) is 0 Å². The summed E-state index contributed by atoms with van der Waals surface area (Å²) in [4.78, 5) is 59.2. The second-order valence-electron chi connectivity index (χ2n) is 9.91. The van der Waals surface area contributed by atoms with Crippen LogP contribution in [0.2, 0.25) is 0 Å². The summed E-state index contributed by atoms with van der Waals surface area (Å²) in [5.74, 6) is -2.59. The summed E-state index contributed by atoms with van der Waals surface area (Å²) < 4.78 is 10.2. The van der Waals surface area contributed by atoms with E-state index < -0.39 is 47.0 Å². The smallest absolute Gasteiger partial charge is 0.407 e. The summed E-state index contributed by atoms with van der Waals surface area (Å²) in [5.41, 5.74) is 1.08. The van der Waals surface area contributed by atoms with Gasteiger partial charge >= 0.3 is 18.0 Å². The molecule has 5 N–H and O–H groups in total. The Morgan fingerprint density at radius 1 is 0.905 bits per heavy atom. The van der Waals surface area contributed by atoms with Crippen LogP contribution in [0.15, 0.2) is 48.5 Å². The third-order valence-corrected chi connectivity index (χ3v) is 6.16. The highest BCUT2D eigenvalue weighted by atomic mass is 16.6. The Morgan fingerprint density at radius 2 is 1.50 bits per heavy atom. The average molecular weight is 589 g/mol. The monoisotopic (exact) mass is 588 g/mol. The van der Waals surface area contributed by atoms with Gasteiger partial charge in [0, 0.05) is 25.1 Å². The first kappa shape index (κ1) is 33.5. The second kappa shape index (κ2) is 16.5. The maximum Gasteiger partial charge on any atom is 0.407 e. The summed E-state index contributed by atoms with van der Waals surface area (Å²) >= 11 is 0. The number of aliphatic carboxylic acids is 2. The zero-order valence-corrected chi connectivity index (χ0v) is 23.6. The number of carboxylic acid groups (broad SMARTS) is 2. The van der Waals surface area contributed by atoms with Crippen LogP contribution in [0.25, 0.3) is 0 Å². The molecule has 0 radical (unpaired) electrons. The molecule has 14 heteroatoms. The fourth-order valence-electron chi connectivity index (χ4n) is 3.95. The van der Waals surface area contributed by atoms with E-state index in [9.17, 15) is 39.5 Å². The highest BCUT2D eigenvalue weighted by Gasteiger charge is 2.30. The number of carbonyl (C=O) groups is 4. The first-order chi connectivity index (χ1) is 19.9. The molecule has 0 aliphatic carbocycles. The number of rotatable bonds is 17. The third kappa shape index (κ3) is 11.4. The number of benzene rings is 2. The molecule has 0 aliphatic rings. The lowest BCUT2D eigenvalue weighted by Crippen LogP contribution is -2.55. The first-order valence-corrected chi connectivity index (χ1v) is 13.2. The molecule has 0 spiro atoms. The molecular formula is C28H36N4O10. The van der Waals surface area contributed by atoms with E-state index in [-0.39, 0.29) is 44.0 Å². The number of non-ortho nitro benzene ring substituents is 1. The summed E-state index contributed by atoms with van der Waals surface area (Å²) in [6.07, 6.45) is -0.683. The number of nitro groups is 1. The summed E-state index contributed by atoms with van der Waals surface area (Å²) in [6.45, 7) is 3.43. The van der Waals surface area contributed by atoms with Crippen LogP contribution in [-0.4, -0.2) is 70.9 Å². The SMILES string of the molecule is COc1ccc(C[C@H](NC(=O)[C@H](CC(C)C)N[C@H](CCNC(=O)OCc2ccc([N+](=O)[O-])cc2)C(=O)O)C(=O)O)cc1. The molecule has 0 unspecified atom stereocenters. The van der Waals surface area contributed by atoms with Crippen LogP contribution in [0.4, 0.5) is 10.5 Å². The summed E-state index contributed by atoms with van der Waals surface area (Å²) in [7, 11) is 1.51. The predicted molar refractivity (Wildman–Crippen MR) is 150 cm³/mol. The molecule has 42 heavy (non-hydrogen) atoms. The zero-order chi connectivity index (χ0) is 31.2. The van der Waals surface area contributed by atoms with Crippen LogP contribution in [0.1, 0.15) is 37.8 Å². The van der Waals surface area contributed by atoms with Gasteiger partial charge in [0.25, 0.3) is 5.69 Å². The van der Waals surface area contributed by atoms with E-state index in [1.807, 2.05) is 13.8 Å². The van der Waals surface area contributed by atoms with Gasteiger partial charge in [0.2, 0.25) is 5.91 Å². The minimum absolute atomic E-state index is 0.00767. The first-order valence-electron chi connectivity index (χ1n) is 13.2. The Kier molecular flexibility index (Phi) is 13.2.